The lowest BCUT2D eigenvalue weighted by atomic mass is 10.2. The largest absolute Gasteiger partial charge is 0.385 e. The van der Waals surface area contributed by atoms with E-state index in [0.29, 0.717) is 12.2 Å². The molecule has 0 aliphatic heterocycles. The molecule has 0 spiro atoms. The first kappa shape index (κ1) is 13.5. The van der Waals surface area contributed by atoms with Gasteiger partial charge in [-0.15, -0.1) is 0 Å². The zero-order chi connectivity index (χ0) is 12.5. The van der Waals surface area contributed by atoms with Crippen molar-refractivity contribution in [3.8, 4) is 0 Å². The van der Waals surface area contributed by atoms with Crippen LogP contribution in [0.2, 0.25) is 0 Å². The van der Waals surface area contributed by atoms with Crippen LogP contribution in [0.25, 0.3) is 0 Å². The van der Waals surface area contributed by atoms with Crippen LogP contribution in [-0.4, -0.2) is 24.0 Å². The molecule has 0 aliphatic rings. The molecule has 0 radical (unpaired) electrons. The summed E-state index contributed by atoms with van der Waals surface area (Å²) in [6, 6.07) is 3.67. The third-order valence-electron chi connectivity index (χ3n) is 2.39. The fraction of sp³-hybridized carbons (Fsp3) is 0.538. The minimum Gasteiger partial charge on any atom is -0.385 e. The summed E-state index contributed by atoms with van der Waals surface area (Å²) in [5.41, 5.74) is 1.43. The first-order chi connectivity index (χ1) is 8.27. The normalized spacial score (nSPS) is 10.0. The summed E-state index contributed by atoms with van der Waals surface area (Å²) in [5.74, 6) is -0.106. The number of aromatic nitrogens is 1. The fourth-order valence-electron chi connectivity index (χ4n) is 1.40. The molecule has 0 saturated heterocycles. The van der Waals surface area contributed by atoms with Crippen molar-refractivity contribution >= 4 is 11.6 Å². The van der Waals surface area contributed by atoms with Crippen molar-refractivity contribution in [2.24, 2.45) is 0 Å². The maximum Gasteiger partial charge on any atom is 0.269 e. The first-order valence-corrected chi connectivity index (χ1v) is 6.26. The van der Waals surface area contributed by atoms with Crippen LogP contribution >= 0.6 is 0 Å². The Morgan fingerprint density at radius 1 is 1.29 bits per heavy atom. The van der Waals surface area contributed by atoms with E-state index in [1.54, 1.807) is 12.3 Å². The van der Waals surface area contributed by atoms with E-state index in [-0.39, 0.29) is 5.91 Å². The molecular formula is C13H21N3O. The number of nitrogens with one attached hydrogen (secondary N) is 2. The number of amides is 1. The van der Waals surface area contributed by atoms with E-state index in [1.807, 2.05) is 13.0 Å². The number of pyridine rings is 1. The van der Waals surface area contributed by atoms with E-state index in [4.69, 9.17) is 0 Å². The Balaban J connectivity index is 2.55. The van der Waals surface area contributed by atoms with Crippen molar-refractivity contribution in [3.05, 3.63) is 24.0 Å². The molecule has 1 heterocycles. The average molecular weight is 235 g/mol. The van der Waals surface area contributed by atoms with Crippen molar-refractivity contribution in [2.75, 3.05) is 18.4 Å². The molecule has 2 N–H and O–H groups in total. The average Bonchev–Trinajstić information content (AvgIpc) is 2.36. The van der Waals surface area contributed by atoms with E-state index in [9.17, 15) is 4.79 Å². The quantitative estimate of drug-likeness (QED) is 0.714. The van der Waals surface area contributed by atoms with Crippen LogP contribution in [0.4, 0.5) is 5.69 Å². The third-order valence-corrected chi connectivity index (χ3v) is 2.39. The Labute approximate surface area is 103 Å². The lowest BCUT2D eigenvalue weighted by Gasteiger charge is -2.07. The molecule has 4 nitrogen and oxygen atoms in total. The lowest BCUT2D eigenvalue weighted by molar-refractivity contribution is 0.0949. The molecule has 0 fully saturated rings. The monoisotopic (exact) mass is 235 g/mol. The van der Waals surface area contributed by atoms with E-state index in [1.165, 1.54) is 0 Å². The molecule has 1 aromatic rings. The summed E-state index contributed by atoms with van der Waals surface area (Å²) in [6.45, 7) is 5.79. The minimum absolute atomic E-state index is 0.106. The van der Waals surface area contributed by atoms with Crippen LogP contribution in [0.3, 0.4) is 0 Å². The van der Waals surface area contributed by atoms with Crippen LogP contribution < -0.4 is 10.6 Å². The maximum absolute atomic E-state index is 11.7. The molecule has 4 heteroatoms. The lowest BCUT2D eigenvalue weighted by Crippen LogP contribution is -2.25. The van der Waals surface area contributed by atoms with Crippen LogP contribution in [0.5, 0.6) is 0 Å². The summed E-state index contributed by atoms with van der Waals surface area (Å²) >= 11 is 0. The van der Waals surface area contributed by atoms with Gasteiger partial charge in [0.05, 0.1) is 0 Å². The number of rotatable bonds is 7. The van der Waals surface area contributed by atoms with Gasteiger partial charge in [-0.2, -0.15) is 0 Å². The van der Waals surface area contributed by atoms with Gasteiger partial charge in [0.25, 0.3) is 5.91 Å². The minimum atomic E-state index is -0.106. The summed E-state index contributed by atoms with van der Waals surface area (Å²) in [4.78, 5) is 15.8. The molecule has 0 saturated carbocycles. The second-order valence-corrected chi connectivity index (χ2v) is 3.97. The summed E-state index contributed by atoms with van der Waals surface area (Å²) in [7, 11) is 0. The van der Waals surface area contributed by atoms with Gasteiger partial charge in [-0.05, 0) is 25.0 Å². The zero-order valence-electron chi connectivity index (χ0n) is 10.6. The van der Waals surface area contributed by atoms with Gasteiger partial charge in [0.1, 0.15) is 5.69 Å². The Morgan fingerprint density at radius 2 is 2.12 bits per heavy atom. The molecule has 1 aromatic heterocycles. The number of carbonyl (C=O) groups excluding carboxylic acids is 1. The number of carbonyl (C=O) groups is 1. The second kappa shape index (κ2) is 7.65. The van der Waals surface area contributed by atoms with Crippen molar-refractivity contribution < 1.29 is 4.79 Å². The van der Waals surface area contributed by atoms with Gasteiger partial charge >= 0.3 is 0 Å². The van der Waals surface area contributed by atoms with E-state index >= 15 is 0 Å². The highest BCUT2D eigenvalue weighted by Crippen LogP contribution is 2.08. The Bertz CT molecular complexity index is 352. The van der Waals surface area contributed by atoms with Crippen LogP contribution in [0, 0.1) is 0 Å². The SMILES string of the molecule is CCCCNc1ccnc(C(=O)NCCC)c1. The molecule has 0 aromatic carbocycles. The molecule has 94 valence electrons. The van der Waals surface area contributed by atoms with Crippen molar-refractivity contribution in [3.63, 3.8) is 0 Å². The van der Waals surface area contributed by atoms with Crippen molar-refractivity contribution in [1.29, 1.82) is 0 Å². The second-order valence-electron chi connectivity index (χ2n) is 3.97. The molecule has 0 bridgehead atoms. The van der Waals surface area contributed by atoms with Crippen LogP contribution in [-0.2, 0) is 0 Å². The number of hydrogen-bond acceptors (Lipinski definition) is 3. The summed E-state index contributed by atoms with van der Waals surface area (Å²) < 4.78 is 0. The van der Waals surface area contributed by atoms with E-state index < -0.39 is 0 Å². The van der Waals surface area contributed by atoms with Gasteiger partial charge in [-0.1, -0.05) is 20.3 Å². The molecule has 0 unspecified atom stereocenters. The topological polar surface area (TPSA) is 54.0 Å². The summed E-state index contributed by atoms with van der Waals surface area (Å²) in [6.07, 6.45) is 4.87. The molecule has 1 rings (SSSR count). The highest BCUT2D eigenvalue weighted by molar-refractivity contribution is 5.93. The molecule has 0 atom stereocenters. The summed E-state index contributed by atoms with van der Waals surface area (Å²) in [5, 5.41) is 6.09. The molecule has 17 heavy (non-hydrogen) atoms. The van der Waals surface area contributed by atoms with Crippen molar-refractivity contribution in [2.45, 2.75) is 33.1 Å². The number of nitrogens with zero attached hydrogens (tertiary/aromatic N) is 1. The smallest absolute Gasteiger partial charge is 0.269 e. The first-order valence-electron chi connectivity index (χ1n) is 6.26. The molecular weight excluding hydrogens is 214 g/mol. The fourth-order valence-corrected chi connectivity index (χ4v) is 1.40. The van der Waals surface area contributed by atoms with Gasteiger partial charge < -0.3 is 10.6 Å². The highest BCUT2D eigenvalue weighted by Gasteiger charge is 2.06. The van der Waals surface area contributed by atoms with Gasteiger partial charge in [-0.3, -0.25) is 9.78 Å². The van der Waals surface area contributed by atoms with E-state index in [0.717, 1.165) is 31.5 Å². The van der Waals surface area contributed by atoms with Gasteiger partial charge in [0, 0.05) is 25.0 Å². The van der Waals surface area contributed by atoms with Crippen molar-refractivity contribution in [1.82, 2.24) is 10.3 Å². The Hall–Kier alpha value is -1.58. The van der Waals surface area contributed by atoms with Gasteiger partial charge in [0.15, 0.2) is 0 Å². The maximum atomic E-state index is 11.7. The number of hydrogen-bond donors (Lipinski definition) is 2. The molecule has 0 aliphatic carbocycles. The van der Waals surface area contributed by atoms with Gasteiger partial charge in [-0.25, -0.2) is 0 Å². The molecule has 1 amide bonds. The predicted octanol–water partition coefficient (Wildman–Crippen LogP) is 2.43. The predicted molar refractivity (Wildman–Crippen MR) is 70.3 cm³/mol. The van der Waals surface area contributed by atoms with E-state index in [2.05, 4.69) is 22.5 Å². The number of unbranched alkanes of at least 4 members (excludes halogenated alkanes) is 1. The number of anilines is 1. The third kappa shape index (κ3) is 4.85. The van der Waals surface area contributed by atoms with Crippen LogP contribution in [0.1, 0.15) is 43.6 Å². The van der Waals surface area contributed by atoms with Crippen LogP contribution in [0.15, 0.2) is 18.3 Å². The standard InChI is InChI=1S/C13H21N3O/c1-3-5-8-14-11-6-9-15-12(10-11)13(17)16-7-4-2/h6,9-10H,3-5,7-8H2,1-2H3,(H,14,15)(H,16,17). The van der Waals surface area contributed by atoms with Gasteiger partial charge in [0.2, 0.25) is 0 Å². The Morgan fingerprint density at radius 3 is 2.82 bits per heavy atom. The zero-order valence-corrected chi connectivity index (χ0v) is 10.6. The highest BCUT2D eigenvalue weighted by atomic mass is 16.1. The Kier molecular flexibility index (Phi) is 6.07.